The SMILES string of the molecule is CCC(N)C(N)c1cc(F)ccc1O. The largest absolute Gasteiger partial charge is 0.508 e. The summed E-state index contributed by atoms with van der Waals surface area (Å²) in [5, 5.41) is 9.45. The summed E-state index contributed by atoms with van der Waals surface area (Å²) in [5.74, 6) is -0.431. The Hall–Kier alpha value is -1.13. The zero-order valence-corrected chi connectivity index (χ0v) is 8.07. The minimum atomic E-state index is -0.532. The molecule has 0 spiro atoms. The standard InChI is InChI=1S/C10H15FN2O/c1-2-8(12)10(13)7-5-6(11)3-4-9(7)14/h3-5,8,10,14H,2,12-13H2,1H3. The van der Waals surface area contributed by atoms with E-state index in [1.54, 1.807) is 0 Å². The van der Waals surface area contributed by atoms with Crippen molar-refractivity contribution < 1.29 is 9.50 Å². The fourth-order valence-electron chi connectivity index (χ4n) is 1.28. The summed E-state index contributed by atoms with van der Waals surface area (Å²) < 4.78 is 12.9. The monoisotopic (exact) mass is 198 g/mol. The molecular formula is C10H15FN2O. The Labute approximate surface area is 82.5 Å². The Morgan fingerprint density at radius 3 is 2.64 bits per heavy atom. The van der Waals surface area contributed by atoms with Gasteiger partial charge in [-0.3, -0.25) is 0 Å². The van der Waals surface area contributed by atoms with Crippen LogP contribution >= 0.6 is 0 Å². The van der Waals surface area contributed by atoms with Gasteiger partial charge in [-0.25, -0.2) is 4.39 Å². The van der Waals surface area contributed by atoms with Crippen molar-refractivity contribution in [2.24, 2.45) is 11.5 Å². The van der Waals surface area contributed by atoms with Gasteiger partial charge in [0, 0.05) is 17.6 Å². The van der Waals surface area contributed by atoms with Gasteiger partial charge in [0.25, 0.3) is 0 Å². The third kappa shape index (κ3) is 2.21. The van der Waals surface area contributed by atoms with Gasteiger partial charge in [0.1, 0.15) is 11.6 Å². The van der Waals surface area contributed by atoms with Gasteiger partial charge in [0.2, 0.25) is 0 Å². The van der Waals surface area contributed by atoms with Crippen molar-refractivity contribution in [3.8, 4) is 5.75 Å². The topological polar surface area (TPSA) is 72.3 Å². The number of phenols is 1. The Morgan fingerprint density at radius 1 is 1.43 bits per heavy atom. The van der Waals surface area contributed by atoms with Crippen LogP contribution in [0.1, 0.15) is 24.9 Å². The van der Waals surface area contributed by atoms with Gasteiger partial charge in [-0.15, -0.1) is 0 Å². The van der Waals surface area contributed by atoms with E-state index in [2.05, 4.69) is 0 Å². The first-order chi connectivity index (χ1) is 6.56. The first-order valence-corrected chi connectivity index (χ1v) is 4.55. The fourth-order valence-corrected chi connectivity index (χ4v) is 1.28. The number of hydrogen-bond acceptors (Lipinski definition) is 3. The molecule has 1 rings (SSSR count). The maximum atomic E-state index is 12.9. The van der Waals surface area contributed by atoms with E-state index in [1.165, 1.54) is 18.2 Å². The molecule has 0 fully saturated rings. The summed E-state index contributed by atoms with van der Waals surface area (Å²) in [7, 11) is 0. The molecule has 0 heterocycles. The summed E-state index contributed by atoms with van der Waals surface area (Å²) in [6.07, 6.45) is 0.678. The van der Waals surface area contributed by atoms with Crippen LogP contribution in [-0.2, 0) is 0 Å². The molecule has 0 aromatic heterocycles. The smallest absolute Gasteiger partial charge is 0.123 e. The van der Waals surface area contributed by atoms with E-state index in [1.807, 2.05) is 6.92 Å². The number of phenolic OH excluding ortho intramolecular Hbond substituents is 1. The second kappa shape index (κ2) is 4.39. The third-order valence-electron chi connectivity index (χ3n) is 2.28. The molecule has 0 aliphatic heterocycles. The van der Waals surface area contributed by atoms with Crippen LogP contribution in [0.5, 0.6) is 5.75 Å². The first kappa shape index (κ1) is 10.9. The molecular weight excluding hydrogens is 183 g/mol. The van der Waals surface area contributed by atoms with E-state index in [-0.39, 0.29) is 11.8 Å². The minimum Gasteiger partial charge on any atom is -0.508 e. The second-order valence-corrected chi connectivity index (χ2v) is 3.30. The maximum absolute atomic E-state index is 12.9. The number of aromatic hydroxyl groups is 1. The molecule has 5 N–H and O–H groups in total. The number of benzene rings is 1. The molecule has 2 atom stereocenters. The zero-order chi connectivity index (χ0) is 10.7. The van der Waals surface area contributed by atoms with Crippen molar-refractivity contribution in [1.29, 1.82) is 0 Å². The van der Waals surface area contributed by atoms with Gasteiger partial charge in [-0.05, 0) is 24.6 Å². The van der Waals surface area contributed by atoms with Gasteiger partial charge < -0.3 is 16.6 Å². The van der Waals surface area contributed by atoms with Crippen molar-refractivity contribution in [2.45, 2.75) is 25.4 Å². The van der Waals surface area contributed by atoms with Gasteiger partial charge in [-0.2, -0.15) is 0 Å². The molecule has 0 radical (unpaired) electrons. The van der Waals surface area contributed by atoms with Crippen LogP contribution in [0.3, 0.4) is 0 Å². The Bertz CT molecular complexity index is 317. The lowest BCUT2D eigenvalue weighted by Gasteiger charge is -2.19. The molecule has 0 bridgehead atoms. The van der Waals surface area contributed by atoms with Gasteiger partial charge in [0.15, 0.2) is 0 Å². The van der Waals surface area contributed by atoms with Crippen LogP contribution in [0, 0.1) is 5.82 Å². The summed E-state index contributed by atoms with van der Waals surface area (Å²) in [6, 6.07) is 2.88. The summed E-state index contributed by atoms with van der Waals surface area (Å²) in [4.78, 5) is 0. The van der Waals surface area contributed by atoms with E-state index in [0.717, 1.165) is 0 Å². The molecule has 0 saturated carbocycles. The lowest BCUT2D eigenvalue weighted by atomic mass is 9.98. The lowest BCUT2D eigenvalue weighted by molar-refractivity contribution is 0.443. The molecule has 0 aliphatic carbocycles. The normalized spacial score (nSPS) is 15.1. The van der Waals surface area contributed by atoms with Crippen LogP contribution in [0.2, 0.25) is 0 Å². The Balaban J connectivity index is 2.99. The zero-order valence-electron chi connectivity index (χ0n) is 8.07. The molecule has 0 amide bonds. The van der Waals surface area contributed by atoms with Crippen LogP contribution in [0.25, 0.3) is 0 Å². The Kier molecular flexibility index (Phi) is 3.43. The lowest BCUT2D eigenvalue weighted by Crippen LogP contribution is -2.33. The highest BCUT2D eigenvalue weighted by atomic mass is 19.1. The maximum Gasteiger partial charge on any atom is 0.123 e. The molecule has 1 aromatic carbocycles. The average Bonchev–Trinajstić information content (AvgIpc) is 2.19. The molecule has 4 heteroatoms. The highest BCUT2D eigenvalue weighted by molar-refractivity contribution is 5.35. The molecule has 0 saturated heterocycles. The number of rotatable bonds is 3. The molecule has 14 heavy (non-hydrogen) atoms. The van der Waals surface area contributed by atoms with E-state index >= 15 is 0 Å². The second-order valence-electron chi connectivity index (χ2n) is 3.30. The predicted octanol–water partition coefficient (Wildman–Crippen LogP) is 1.27. The predicted molar refractivity (Wildman–Crippen MR) is 53.3 cm³/mol. The molecule has 0 aliphatic rings. The van der Waals surface area contributed by atoms with Crippen LogP contribution < -0.4 is 11.5 Å². The van der Waals surface area contributed by atoms with Crippen molar-refractivity contribution in [3.05, 3.63) is 29.6 Å². The van der Waals surface area contributed by atoms with Gasteiger partial charge in [0.05, 0.1) is 0 Å². The number of halogens is 1. The van der Waals surface area contributed by atoms with Crippen LogP contribution in [0.15, 0.2) is 18.2 Å². The molecule has 2 unspecified atom stereocenters. The minimum absolute atomic E-state index is 0.0113. The Morgan fingerprint density at radius 2 is 2.07 bits per heavy atom. The quantitative estimate of drug-likeness (QED) is 0.684. The third-order valence-corrected chi connectivity index (χ3v) is 2.28. The molecule has 78 valence electrons. The van der Waals surface area contributed by atoms with E-state index in [9.17, 15) is 9.50 Å². The van der Waals surface area contributed by atoms with Crippen molar-refractivity contribution >= 4 is 0 Å². The number of nitrogens with two attached hydrogens (primary N) is 2. The highest BCUT2D eigenvalue weighted by Gasteiger charge is 2.17. The van der Waals surface area contributed by atoms with Crippen LogP contribution in [0.4, 0.5) is 4.39 Å². The van der Waals surface area contributed by atoms with Crippen molar-refractivity contribution in [2.75, 3.05) is 0 Å². The van der Waals surface area contributed by atoms with E-state index < -0.39 is 11.9 Å². The summed E-state index contributed by atoms with van der Waals surface area (Å²) in [5.41, 5.74) is 11.8. The number of hydrogen-bond donors (Lipinski definition) is 3. The first-order valence-electron chi connectivity index (χ1n) is 4.55. The summed E-state index contributed by atoms with van der Waals surface area (Å²) >= 11 is 0. The van der Waals surface area contributed by atoms with E-state index in [4.69, 9.17) is 11.5 Å². The fraction of sp³-hybridized carbons (Fsp3) is 0.400. The average molecular weight is 198 g/mol. The summed E-state index contributed by atoms with van der Waals surface area (Å²) in [6.45, 7) is 1.89. The highest BCUT2D eigenvalue weighted by Crippen LogP contribution is 2.25. The molecule has 1 aromatic rings. The van der Waals surface area contributed by atoms with E-state index in [0.29, 0.717) is 12.0 Å². The van der Waals surface area contributed by atoms with Crippen molar-refractivity contribution in [1.82, 2.24) is 0 Å². The van der Waals surface area contributed by atoms with Crippen LogP contribution in [-0.4, -0.2) is 11.1 Å². The van der Waals surface area contributed by atoms with Crippen molar-refractivity contribution in [3.63, 3.8) is 0 Å². The molecule has 3 nitrogen and oxygen atoms in total. The van der Waals surface area contributed by atoms with Gasteiger partial charge in [-0.1, -0.05) is 6.92 Å². The van der Waals surface area contributed by atoms with Gasteiger partial charge >= 0.3 is 0 Å².